The largest absolute Gasteiger partial charge is 0.481 e. The fourth-order valence-corrected chi connectivity index (χ4v) is 2.12. The van der Waals surface area contributed by atoms with E-state index in [1.807, 2.05) is 0 Å². The second kappa shape index (κ2) is 5.82. The highest BCUT2D eigenvalue weighted by atomic mass is 16.5. The minimum Gasteiger partial charge on any atom is -0.481 e. The first-order valence-electron chi connectivity index (χ1n) is 6.18. The van der Waals surface area contributed by atoms with Crippen LogP contribution in [-0.2, 0) is 0 Å². The van der Waals surface area contributed by atoms with Crippen molar-refractivity contribution in [2.45, 2.75) is 37.8 Å². The number of aromatic nitrogens is 1. The molecular formula is C13H18N2O3. The lowest BCUT2D eigenvalue weighted by Crippen LogP contribution is -2.38. The van der Waals surface area contributed by atoms with Gasteiger partial charge in [-0.05, 0) is 31.7 Å². The molecule has 0 aromatic carbocycles. The number of pyridine rings is 1. The number of amides is 1. The number of carbonyl (C=O) groups is 1. The van der Waals surface area contributed by atoms with E-state index in [9.17, 15) is 9.90 Å². The predicted molar refractivity (Wildman–Crippen MR) is 66.5 cm³/mol. The number of nitrogens with one attached hydrogen (secondary N) is 1. The molecule has 1 aliphatic carbocycles. The number of carbonyl (C=O) groups excluding carboxylic acids is 1. The third-order valence-electron chi connectivity index (χ3n) is 3.24. The average molecular weight is 250 g/mol. The third-order valence-corrected chi connectivity index (χ3v) is 3.24. The van der Waals surface area contributed by atoms with Crippen LogP contribution in [0.3, 0.4) is 0 Å². The van der Waals surface area contributed by atoms with Gasteiger partial charge >= 0.3 is 0 Å². The molecule has 1 aromatic heterocycles. The SMILES string of the molecule is COc1ccc(C(=O)NC2CCC(O)CC2)cn1. The van der Waals surface area contributed by atoms with Crippen LogP contribution in [0.15, 0.2) is 18.3 Å². The van der Waals surface area contributed by atoms with E-state index in [-0.39, 0.29) is 18.1 Å². The Morgan fingerprint density at radius 2 is 2.11 bits per heavy atom. The maximum Gasteiger partial charge on any atom is 0.253 e. The lowest BCUT2D eigenvalue weighted by atomic mass is 9.93. The molecule has 1 heterocycles. The Kier molecular flexibility index (Phi) is 4.15. The van der Waals surface area contributed by atoms with E-state index in [0.29, 0.717) is 11.4 Å². The molecule has 0 aliphatic heterocycles. The molecule has 5 nitrogen and oxygen atoms in total. The molecule has 0 atom stereocenters. The Labute approximate surface area is 106 Å². The minimum atomic E-state index is -0.208. The van der Waals surface area contributed by atoms with Gasteiger partial charge in [0.15, 0.2) is 0 Å². The molecule has 1 saturated carbocycles. The molecule has 0 saturated heterocycles. The van der Waals surface area contributed by atoms with Crippen LogP contribution in [0, 0.1) is 0 Å². The quantitative estimate of drug-likeness (QED) is 0.843. The van der Waals surface area contributed by atoms with Crippen molar-refractivity contribution in [3.05, 3.63) is 23.9 Å². The second-order valence-electron chi connectivity index (χ2n) is 4.57. The standard InChI is InChI=1S/C13H18N2O3/c1-18-12-7-2-9(8-14-12)13(17)15-10-3-5-11(16)6-4-10/h2,7-8,10-11,16H,3-6H2,1H3,(H,15,17). The average Bonchev–Trinajstić information content (AvgIpc) is 2.41. The highest BCUT2D eigenvalue weighted by molar-refractivity contribution is 5.94. The van der Waals surface area contributed by atoms with Crippen molar-refractivity contribution in [2.75, 3.05) is 7.11 Å². The van der Waals surface area contributed by atoms with Gasteiger partial charge in [0.1, 0.15) is 0 Å². The maximum absolute atomic E-state index is 11.9. The van der Waals surface area contributed by atoms with Crippen molar-refractivity contribution in [1.82, 2.24) is 10.3 Å². The molecule has 2 N–H and O–H groups in total. The van der Waals surface area contributed by atoms with Gasteiger partial charge in [0.25, 0.3) is 5.91 Å². The summed E-state index contributed by atoms with van der Waals surface area (Å²) in [6.07, 6.45) is 4.47. The normalized spacial score (nSPS) is 23.4. The van der Waals surface area contributed by atoms with Crippen LogP contribution in [0.4, 0.5) is 0 Å². The van der Waals surface area contributed by atoms with Crippen molar-refractivity contribution >= 4 is 5.91 Å². The zero-order valence-electron chi connectivity index (χ0n) is 10.4. The van der Waals surface area contributed by atoms with Crippen molar-refractivity contribution in [1.29, 1.82) is 0 Å². The third kappa shape index (κ3) is 3.20. The van der Waals surface area contributed by atoms with Crippen LogP contribution in [-0.4, -0.2) is 35.3 Å². The van der Waals surface area contributed by atoms with E-state index in [2.05, 4.69) is 10.3 Å². The number of nitrogens with zero attached hydrogens (tertiary/aromatic N) is 1. The molecule has 0 bridgehead atoms. The summed E-state index contributed by atoms with van der Waals surface area (Å²) in [4.78, 5) is 15.9. The van der Waals surface area contributed by atoms with E-state index < -0.39 is 0 Å². The molecule has 1 fully saturated rings. The van der Waals surface area contributed by atoms with E-state index in [1.54, 1.807) is 12.1 Å². The number of ether oxygens (including phenoxy) is 1. The minimum absolute atomic E-state index is 0.119. The molecule has 1 aromatic rings. The maximum atomic E-state index is 11.9. The van der Waals surface area contributed by atoms with E-state index >= 15 is 0 Å². The summed E-state index contributed by atoms with van der Waals surface area (Å²) in [5, 5.41) is 12.4. The molecule has 18 heavy (non-hydrogen) atoms. The number of rotatable bonds is 3. The Morgan fingerprint density at radius 1 is 1.39 bits per heavy atom. The molecule has 2 rings (SSSR count). The van der Waals surface area contributed by atoms with Crippen molar-refractivity contribution in [3.63, 3.8) is 0 Å². The van der Waals surface area contributed by atoms with E-state index in [1.165, 1.54) is 13.3 Å². The van der Waals surface area contributed by atoms with Gasteiger partial charge in [-0.3, -0.25) is 4.79 Å². The van der Waals surface area contributed by atoms with Crippen LogP contribution in [0.5, 0.6) is 5.88 Å². The van der Waals surface area contributed by atoms with Crippen LogP contribution in [0.2, 0.25) is 0 Å². The smallest absolute Gasteiger partial charge is 0.253 e. The topological polar surface area (TPSA) is 71.5 Å². The van der Waals surface area contributed by atoms with Gasteiger partial charge in [-0.1, -0.05) is 0 Å². The van der Waals surface area contributed by atoms with Gasteiger partial charge in [-0.25, -0.2) is 4.98 Å². The van der Waals surface area contributed by atoms with Crippen LogP contribution in [0.25, 0.3) is 0 Å². The summed E-state index contributed by atoms with van der Waals surface area (Å²) < 4.78 is 4.94. The molecular weight excluding hydrogens is 232 g/mol. The van der Waals surface area contributed by atoms with Crippen LogP contribution in [0.1, 0.15) is 36.0 Å². The zero-order chi connectivity index (χ0) is 13.0. The van der Waals surface area contributed by atoms with Gasteiger partial charge < -0.3 is 15.2 Å². The molecule has 5 heteroatoms. The Bertz CT molecular complexity index is 397. The van der Waals surface area contributed by atoms with Gasteiger partial charge in [-0.15, -0.1) is 0 Å². The number of methoxy groups -OCH3 is 1. The molecule has 0 unspecified atom stereocenters. The Morgan fingerprint density at radius 3 is 2.67 bits per heavy atom. The summed E-state index contributed by atoms with van der Waals surface area (Å²) in [5.74, 6) is 0.374. The van der Waals surface area contributed by atoms with E-state index in [0.717, 1.165) is 25.7 Å². The molecule has 0 spiro atoms. The molecule has 0 radical (unpaired) electrons. The highest BCUT2D eigenvalue weighted by Gasteiger charge is 2.21. The summed E-state index contributed by atoms with van der Waals surface area (Å²) >= 11 is 0. The first kappa shape index (κ1) is 12.8. The lowest BCUT2D eigenvalue weighted by molar-refractivity contribution is 0.0867. The van der Waals surface area contributed by atoms with Crippen molar-refractivity contribution in [3.8, 4) is 5.88 Å². The fourth-order valence-electron chi connectivity index (χ4n) is 2.12. The summed E-state index contributed by atoms with van der Waals surface area (Å²) in [5.41, 5.74) is 0.530. The van der Waals surface area contributed by atoms with Gasteiger partial charge in [0.05, 0.1) is 18.8 Å². The summed E-state index contributed by atoms with van der Waals surface area (Å²) in [7, 11) is 1.54. The zero-order valence-corrected chi connectivity index (χ0v) is 10.4. The predicted octanol–water partition coefficient (Wildman–Crippen LogP) is 1.12. The monoisotopic (exact) mass is 250 g/mol. The van der Waals surface area contributed by atoms with Gasteiger partial charge in [0, 0.05) is 18.3 Å². The van der Waals surface area contributed by atoms with E-state index in [4.69, 9.17) is 4.74 Å². The first-order chi connectivity index (χ1) is 8.69. The summed E-state index contributed by atoms with van der Waals surface area (Å²) in [6.45, 7) is 0. The number of hydrogen-bond acceptors (Lipinski definition) is 4. The number of aliphatic hydroxyl groups excluding tert-OH is 1. The summed E-state index contributed by atoms with van der Waals surface area (Å²) in [6, 6.07) is 3.52. The molecule has 1 amide bonds. The Balaban J connectivity index is 1.90. The molecule has 98 valence electrons. The molecule has 1 aliphatic rings. The van der Waals surface area contributed by atoms with Crippen LogP contribution >= 0.6 is 0 Å². The highest BCUT2D eigenvalue weighted by Crippen LogP contribution is 2.18. The fraction of sp³-hybridized carbons (Fsp3) is 0.538. The number of hydrogen-bond donors (Lipinski definition) is 2. The van der Waals surface area contributed by atoms with Crippen LogP contribution < -0.4 is 10.1 Å². The van der Waals surface area contributed by atoms with Crippen molar-refractivity contribution < 1.29 is 14.6 Å². The first-order valence-corrected chi connectivity index (χ1v) is 6.18. The lowest BCUT2D eigenvalue weighted by Gasteiger charge is -2.26. The number of aliphatic hydroxyl groups is 1. The second-order valence-corrected chi connectivity index (χ2v) is 4.57. The van der Waals surface area contributed by atoms with Gasteiger partial charge in [0.2, 0.25) is 5.88 Å². The van der Waals surface area contributed by atoms with Gasteiger partial charge in [-0.2, -0.15) is 0 Å². The van der Waals surface area contributed by atoms with Crippen molar-refractivity contribution in [2.24, 2.45) is 0 Å². The Hall–Kier alpha value is -1.62.